The molecule has 98 valence electrons. The van der Waals surface area contributed by atoms with Crippen LogP contribution in [0.25, 0.3) is 0 Å². The molecule has 0 aromatic heterocycles. The molecule has 0 heterocycles. The number of carbonyl (C=O) groups excluding carboxylic acids is 1. The van der Waals surface area contributed by atoms with Crippen molar-refractivity contribution < 1.29 is 19.4 Å². The second-order valence-corrected chi connectivity index (χ2v) is 4.27. The van der Waals surface area contributed by atoms with Gasteiger partial charge in [0.15, 0.2) is 0 Å². The summed E-state index contributed by atoms with van der Waals surface area (Å²) >= 11 is 5.77. The summed E-state index contributed by atoms with van der Waals surface area (Å²) in [5.41, 5.74) is 0.0247. The standard InChI is InChI=1S/C12H14ClNO4/c1-14(2)11(15)5-6-18-10-7-8(13)3-4-9(10)12(16)17/h3-4,7H,5-6H2,1-2H3,(H,16,17). The fourth-order valence-electron chi connectivity index (χ4n) is 1.26. The van der Waals surface area contributed by atoms with Gasteiger partial charge in [0.05, 0.1) is 13.0 Å². The van der Waals surface area contributed by atoms with Crippen molar-refractivity contribution in [1.29, 1.82) is 0 Å². The Hall–Kier alpha value is -1.75. The van der Waals surface area contributed by atoms with Gasteiger partial charge in [0.25, 0.3) is 0 Å². The van der Waals surface area contributed by atoms with Gasteiger partial charge in [-0.05, 0) is 18.2 Å². The first-order valence-electron chi connectivity index (χ1n) is 5.27. The van der Waals surface area contributed by atoms with Crippen LogP contribution in [0.3, 0.4) is 0 Å². The third-order valence-corrected chi connectivity index (χ3v) is 2.48. The molecule has 0 aliphatic carbocycles. The van der Waals surface area contributed by atoms with E-state index in [-0.39, 0.29) is 30.2 Å². The molecule has 0 aliphatic heterocycles. The monoisotopic (exact) mass is 271 g/mol. The van der Waals surface area contributed by atoms with Crippen LogP contribution in [0, 0.1) is 0 Å². The predicted octanol–water partition coefficient (Wildman–Crippen LogP) is 1.90. The molecule has 1 N–H and O–H groups in total. The van der Waals surface area contributed by atoms with Crippen LogP contribution < -0.4 is 4.74 Å². The highest BCUT2D eigenvalue weighted by Gasteiger charge is 2.12. The van der Waals surface area contributed by atoms with Gasteiger partial charge < -0.3 is 14.7 Å². The SMILES string of the molecule is CN(C)C(=O)CCOc1cc(Cl)ccc1C(=O)O. The predicted molar refractivity (Wildman–Crippen MR) is 67.2 cm³/mol. The highest BCUT2D eigenvalue weighted by Crippen LogP contribution is 2.23. The lowest BCUT2D eigenvalue weighted by Gasteiger charge is -2.12. The number of carboxylic acids is 1. The molecule has 1 amide bonds. The molecule has 5 nitrogen and oxygen atoms in total. The van der Waals surface area contributed by atoms with Crippen molar-refractivity contribution in [3.05, 3.63) is 28.8 Å². The van der Waals surface area contributed by atoms with Crippen molar-refractivity contribution in [2.75, 3.05) is 20.7 Å². The Morgan fingerprint density at radius 2 is 2.06 bits per heavy atom. The summed E-state index contributed by atoms with van der Waals surface area (Å²) in [5, 5.41) is 9.34. The second kappa shape index (κ2) is 6.26. The van der Waals surface area contributed by atoms with Crippen molar-refractivity contribution in [1.82, 2.24) is 4.90 Å². The fourth-order valence-corrected chi connectivity index (χ4v) is 1.43. The maximum Gasteiger partial charge on any atom is 0.339 e. The lowest BCUT2D eigenvalue weighted by Crippen LogP contribution is -2.23. The molecule has 1 aromatic rings. The van der Waals surface area contributed by atoms with Crippen LogP contribution in [-0.2, 0) is 4.79 Å². The number of ether oxygens (including phenoxy) is 1. The average Bonchev–Trinajstić information content (AvgIpc) is 2.28. The molecule has 0 spiro atoms. The van der Waals surface area contributed by atoms with E-state index in [0.717, 1.165) is 0 Å². The molecule has 0 bridgehead atoms. The van der Waals surface area contributed by atoms with E-state index in [9.17, 15) is 9.59 Å². The fraction of sp³-hybridized carbons (Fsp3) is 0.333. The first kappa shape index (κ1) is 14.3. The molecular weight excluding hydrogens is 258 g/mol. The Morgan fingerprint density at radius 3 is 2.61 bits per heavy atom. The first-order chi connectivity index (χ1) is 8.41. The van der Waals surface area contributed by atoms with Crippen LogP contribution in [-0.4, -0.2) is 42.6 Å². The molecule has 0 saturated carbocycles. The zero-order valence-electron chi connectivity index (χ0n) is 10.1. The van der Waals surface area contributed by atoms with Gasteiger partial charge in [-0.1, -0.05) is 11.6 Å². The van der Waals surface area contributed by atoms with E-state index in [2.05, 4.69) is 0 Å². The van der Waals surface area contributed by atoms with E-state index in [1.807, 2.05) is 0 Å². The maximum absolute atomic E-state index is 11.3. The minimum atomic E-state index is -1.10. The van der Waals surface area contributed by atoms with E-state index < -0.39 is 5.97 Å². The van der Waals surface area contributed by atoms with Gasteiger partial charge in [0, 0.05) is 19.1 Å². The molecule has 1 rings (SSSR count). The normalized spacial score (nSPS) is 9.94. The van der Waals surface area contributed by atoms with Gasteiger partial charge in [-0.25, -0.2) is 4.79 Å². The molecule has 0 atom stereocenters. The van der Waals surface area contributed by atoms with Crippen LogP contribution in [0.1, 0.15) is 16.8 Å². The van der Waals surface area contributed by atoms with Crippen molar-refractivity contribution in [3.8, 4) is 5.75 Å². The zero-order chi connectivity index (χ0) is 13.7. The molecule has 0 fully saturated rings. The van der Waals surface area contributed by atoms with Crippen LogP contribution in [0.2, 0.25) is 5.02 Å². The second-order valence-electron chi connectivity index (χ2n) is 3.83. The van der Waals surface area contributed by atoms with Gasteiger partial charge in [-0.3, -0.25) is 4.79 Å². The summed E-state index contributed by atoms with van der Waals surface area (Å²) in [6, 6.07) is 4.27. The third kappa shape index (κ3) is 3.92. The van der Waals surface area contributed by atoms with Gasteiger partial charge in [0.2, 0.25) is 5.91 Å². The Balaban J connectivity index is 2.69. The summed E-state index contributed by atoms with van der Waals surface area (Å²) in [5.74, 6) is -1.02. The molecule has 0 aliphatic rings. The largest absolute Gasteiger partial charge is 0.492 e. The van der Waals surface area contributed by atoms with Crippen molar-refractivity contribution >= 4 is 23.5 Å². The number of carbonyl (C=O) groups is 2. The number of hydrogen-bond donors (Lipinski definition) is 1. The summed E-state index contributed by atoms with van der Waals surface area (Å²) < 4.78 is 5.29. The molecule has 18 heavy (non-hydrogen) atoms. The van der Waals surface area contributed by atoms with Crippen molar-refractivity contribution in [3.63, 3.8) is 0 Å². The number of aromatic carboxylic acids is 1. The molecular formula is C12H14ClNO4. The van der Waals surface area contributed by atoms with Crippen LogP contribution in [0.5, 0.6) is 5.75 Å². The maximum atomic E-state index is 11.3. The van der Waals surface area contributed by atoms with E-state index in [1.165, 1.54) is 23.1 Å². The minimum Gasteiger partial charge on any atom is -0.492 e. The number of rotatable bonds is 5. The Labute approximate surface area is 110 Å². The van der Waals surface area contributed by atoms with Gasteiger partial charge >= 0.3 is 5.97 Å². The van der Waals surface area contributed by atoms with E-state index >= 15 is 0 Å². The Kier molecular flexibility index (Phi) is 4.97. The number of amides is 1. The van der Waals surface area contributed by atoms with Crippen molar-refractivity contribution in [2.45, 2.75) is 6.42 Å². The highest BCUT2D eigenvalue weighted by molar-refractivity contribution is 6.30. The molecule has 6 heteroatoms. The lowest BCUT2D eigenvalue weighted by atomic mass is 10.2. The number of benzene rings is 1. The van der Waals surface area contributed by atoms with Gasteiger partial charge in [-0.15, -0.1) is 0 Å². The zero-order valence-corrected chi connectivity index (χ0v) is 10.9. The number of nitrogens with zero attached hydrogens (tertiary/aromatic N) is 1. The van der Waals surface area contributed by atoms with Gasteiger partial charge in [-0.2, -0.15) is 0 Å². The van der Waals surface area contributed by atoms with E-state index in [0.29, 0.717) is 5.02 Å². The smallest absolute Gasteiger partial charge is 0.339 e. The highest BCUT2D eigenvalue weighted by atomic mass is 35.5. The number of hydrogen-bond acceptors (Lipinski definition) is 3. The Morgan fingerprint density at radius 1 is 1.39 bits per heavy atom. The summed E-state index contributed by atoms with van der Waals surface area (Å²) in [6.45, 7) is 0.109. The van der Waals surface area contributed by atoms with Crippen molar-refractivity contribution in [2.24, 2.45) is 0 Å². The van der Waals surface area contributed by atoms with Crippen LogP contribution in [0.4, 0.5) is 0 Å². The summed E-state index contributed by atoms with van der Waals surface area (Å²) in [4.78, 5) is 23.7. The number of carboxylic acid groups (broad SMARTS) is 1. The Bertz CT molecular complexity index is 459. The minimum absolute atomic E-state index is 0.0247. The lowest BCUT2D eigenvalue weighted by molar-refractivity contribution is -0.129. The van der Waals surface area contributed by atoms with Gasteiger partial charge in [0.1, 0.15) is 11.3 Å². The summed E-state index contributed by atoms with van der Waals surface area (Å²) in [7, 11) is 3.29. The van der Waals surface area contributed by atoms with Crippen LogP contribution >= 0.6 is 11.6 Å². The molecule has 0 radical (unpaired) electrons. The topological polar surface area (TPSA) is 66.8 Å². The molecule has 1 aromatic carbocycles. The van der Waals surface area contributed by atoms with Crippen LogP contribution in [0.15, 0.2) is 18.2 Å². The summed E-state index contributed by atoms with van der Waals surface area (Å²) in [6.07, 6.45) is 0.179. The molecule has 0 unspecified atom stereocenters. The average molecular weight is 272 g/mol. The first-order valence-corrected chi connectivity index (χ1v) is 5.65. The molecule has 0 saturated heterocycles. The number of halogens is 1. The quantitative estimate of drug-likeness (QED) is 0.888. The third-order valence-electron chi connectivity index (χ3n) is 2.25. The van der Waals surface area contributed by atoms with E-state index in [1.54, 1.807) is 14.1 Å². The van der Waals surface area contributed by atoms with E-state index in [4.69, 9.17) is 21.4 Å².